The van der Waals surface area contributed by atoms with Crippen LogP contribution < -0.4 is 103 Å². The molecule has 0 saturated heterocycles. The van der Waals surface area contributed by atoms with Crippen LogP contribution in [0.25, 0.3) is 0 Å². The number of hydrogen-bond acceptors (Lipinski definition) is 0. The average Bonchev–Trinajstić information content (AvgIpc) is 2.01. The van der Waals surface area contributed by atoms with E-state index in [1.807, 2.05) is 0 Å². The molecule has 0 amide bonds. The van der Waals surface area contributed by atoms with Crippen LogP contribution in [0.15, 0.2) is 12.1 Å². The molecule has 0 nitrogen and oxygen atoms in total. The zero-order chi connectivity index (χ0) is 11.0. The fourth-order valence-electron chi connectivity index (χ4n) is 1.25. The second-order valence-corrected chi connectivity index (χ2v) is 5.90. The van der Waals surface area contributed by atoms with E-state index >= 15 is 0 Å². The van der Waals surface area contributed by atoms with Crippen molar-refractivity contribution in [2.75, 3.05) is 0 Å². The van der Waals surface area contributed by atoms with Crippen molar-refractivity contribution >= 4 is 0 Å². The van der Waals surface area contributed by atoms with Crippen molar-refractivity contribution in [3.05, 3.63) is 35.4 Å². The maximum atomic E-state index is 3.35. The fraction of sp³-hybridized carbons (Fsp3) is 0.571. The number of benzene rings is 1. The van der Waals surface area contributed by atoms with Crippen molar-refractivity contribution in [2.24, 2.45) is 0 Å². The van der Waals surface area contributed by atoms with Gasteiger partial charge in [-0.05, 0) is 0 Å². The molecule has 0 heterocycles. The van der Waals surface area contributed by atoms with E-state index in [-0.39, 0.29) is 114 Å². The van der Waals surface area contributed by atoms with Crippen LogP contribution in [0.3, 0.4) is 0 Å². The van der Waals surface area contributed by atoms with Gasteiger partial charge in [-0.3, -0.25) is 23.3 Å². The molecule has 1 rings (SSSR count). The molecule has 0 bridgehead atoms. The standard InChI is InChI=1S/C14H20.2K/c1-13(2,3)11-7-9-12(10-8-11)14(4,5)6;;/h7,10H,1-6H3;;/q-2;2*+1. The summed E-state index contributed by atoms with van der Waals surface area (Å²) in [6.07, 6.45) is 0. The molecule has 0 aliphatic carbocycles. The third-order valence-corrected chi connectivity index (χ3v) is 2.36. The van der Waals surface area contributed by atoms with Crippen molar-refractivity contribution in [3.63, 3.8) is 0 Å². The summed E-state index contributed by atoms with van der Waals surface area (Å²) in [4.78, 5) is 0. The Kier molecular flexibility index (Phi) is 10.3. The summed E-state index contributed by atoms with van der Waals surface area (Å²) in [6, 6.07) is 10.8. The third kappa shape index (κ3) is 6.60. The summed E-state index contributed by atoms with van der Waals surface area (Å²) in [5, 5.41) is 0. The maximum absolute atomic E-state index is 3.35. The zero-order valence-electron chi connectivity index (χ0n) is 12.2. The first-order valence-electron chi connectivity index (χ1n) is 5.15. The molecule has 0 unspecified atom stereocenters. The average molecular weight is 267 g/mol. The Labute approximate surface area is 186 Å². The van der Waals surface area contributed by atoms with Gasteiger partial charge in [-0.25, -0.2) is 0 Å². The predicted octanol–water partition coefficient (Wildman–Crippen LogP) is -2.11. The van der Waals surface area contributed by atoms with E-state index in [2.05, 4.69) is 65.8 Å². The van der Waals surface area contributed by atoms with E-state index in [4.69, 9.17) is 0 Å². The minimum absolute atomic E-state index is 0. The molecule has 0 aromatic heterocycles. The van der Waals surface area contributed by atoms with Gasteiger partial charge in [-0.2, -0.15) is 0 Å². The van der Waals surface area contributed by atoms with Gasteiger partial charge in [0.2, 0.25) is 0 Å². The molecule has 78 valence electrons. The molecular weight excluding hydrogens is 246 g/mol. The van der Waals surface area contributed by atoms with Crippen molar-refractivity contribution in [1.82, 2.24) is 0 Å². The molecule has 0 radical (unpaired) electrons. The molecule has 0 aliphatic heterocycles. The van der Waals surface area contributed by atoms with Crippen LogP contribution in [0.1, 0.15) is 52.7 Å². The molecule has 0 N–H and O–H groups in total. The normalized spacial score (nSPS) is 11.4. The molecule has 1 aromatic carbocycles. The zero-order valence-corrected chi connectivity index (χ0v) is 18.4. The Morgan fingerprint density at radius 3 is 1.06 bits per heavy atom. The summed E-state index contributed by atoms with van der Waals surface area (Å²) in [5.74, 6) is 0. The first-order valence-corrected chi connectivity index (χ1v) is 5.15. The quantitative estimate of drug-likeness (QED) is 0.372. The molecular formula is C14H20K2. The number of rotatable bonds is 0. The van der Waals surface area contributed by atoms with Crippen LogP contribution >= 0.6 is 0 Å². The van der Waals surface area contributed by atoms with Crippen molar-refractivity contribution in [3.8, 4) is 0 Å². The first kappa shape index (κ1) is 20.8. The molecule has 1 aromatic rings. The van der Waals surface area contributed by atoms with Gasteiger partial charge in [-0.15, -0.1) is 0 Å². The molecule has 2 heteroatoms. The van der Waals surface area contributed by atoms with Gasteiger partial charge >= 0.3 is 103 Å². The number of hydrogen-bond donors (Lipinski definition) is 0. The van der Waals surface area contributed by atoms with E-state index in [9.17, 15) is 0 Å². The summed E-state index contributed by atoms with van der Waals surface area (Å²) in [7, 11) is 0. The van der Waals surface area contributed by atoms with E-state index in [0.29, 0.717) is 0 Å². The third-order valence-electron chi connectivity index (χ3n) is 2.36. The largest absolute Gasteiger partial charge is 1.00 e. The Balaban J connectivity index is 0. The second-order valence-electron chi connectivity index (χ2n) is 5.90. The van der Waals surface area contributed by atoms with Crippen molar-refractivity contribution in [2.45, 2.75) is 52.4 Å². The summed E-state index contributed by atoms with van der Waals surface area (Å²) in [5.41, 5.74) is 2.80. The molecule has 0 spiro atoms. The van der Waals surface area contributed by atoms with Gasteiger partial charge in [0.15, 0.2) is 0 Å². The van der Waals surface area contributed by atoms with Crippen LogP contribution in [0.5, 0.6) is 0 Å². The molecule has 0 aliphatic rings. The Morgan fingerprint density at radius 2 is 0.938 bits per heavy atom. The monoisotopic (exact) mass is 266 g/mol. The van der Waals surface area contributed by atoms with Crippen LogP contribution in [0.4, 0.5) is 0 Å². The van der Waals surface area contributed by atoms with E-state index in [1.54, 1.807) is 0 Å². The van der Waals surface area contributed by atoms with Crippen LogP contribution in [0, 0.1) is 12.1 Å². The smallest absolute Gasteiger partial charge is 0.315 e. The fourth-order valence-corrected chi connectivity index (χ4v) is 1.25. The Hall–Kier alpha value is 2.49. The van der Waals surface area contributed by atoms with Gasteiger partial charge in [0.05, 0.1) is 0 Å². The minimum atomic E-state index is 0. The van der Waals surface area contributed by atoms with Crippen LogP contribution in [-0.4, -0.2) is 0 Å². The summed E-state index contributed by atoms with van der Waals surface area (Å²) in [6.45, 7) is 13.2. The SMILES string of the molecule is CC(C)(C)c1[c-]cc(C(C)(C)C)[c-]c1.[K+].[K+]. The molecule has 0 fully saturated rings. The van der Waals surface area contributed by atoms with Gasteiger partial charge in [0, 0.05) is 0 Å². The molecule has 0 saturated carbocycles. The molecule has 16 heavy (non-hydrogen) atoms. The van der Waals surface area contributed by atoms with E-state index in [1.165, 1.54) is 11.1 Å². The first-order chi connectivity index (χ1) is 6.21. The maximum Gasteiger partial charge on any atom is 1.00 e. The predicted molar refractivity (Wildman–Crippen MR) is 61.5 cm³/mol. The topological polar surface area (TPSA) is 0 Å². The van der Waals surface area contributed by atoms with Crippen molar-refractivity contribution in [1.29, 1.82) is 0 Å². The van der Waals surface area contributed by atoms with Crippen molar-refractivity contribution < 1.29 is 103 Å². The summed E-state index contributed by atoms with van der Waals surface area (Å²) < 4.78 is 0. The van der Waals surface area contributed by atoms with Crippen LogP contribution in [0.2, 0.25) is 0 Å². The minimum Gasteiger partial charge on any atom is -0.315 e. The van der Waals surface area contributed by atoms with Gasteiger partial charge < -0.3 is 12.1 Å². The summed E-state index contributed by atoms with van der Waals surface area (Å²) >= 11 is 0. The Morgan fingerprint density at radius 1 is 0.688 bits per heavy atom. The van der Waals surface area contributed by atoms with Gasteiger partial charge in [0.25, 0.3) is 0 Å². The Bertz CT molecular complexity index is 266. The van der Waals surface area contributed by atoms with Gasteiger partial charge in [-0.1, -0.05) is 52.4 Å². The van der Waals surface area contributed by atoms with Gasteiger partial charge in [0.1, 0.15) is 0 Å². The van der Waals surface area contributed by atoms with E-state index in [0.717, 1.165) is 0 Å². The molecule has 0 atom stereocenters. The second kappa shape index (κ2) is 7.93. The van der Waals surface area contributed by atoms with E-state index < -0.39 is 0 Å². The van der Waals surface area contributed by atoms with Crippen LogP contribution in [-0.2, 0) is 10.8 Å².